The topological polar surface area (TPSA) is 102 Å². The monoisotopic (exact) mass is 385 g/mol. The first-order valence-corrected chi connectivity index (χ1v) is 9.54. The molecule has 0 fully saturated rings. The van der Waals surface area contributed by atoms with E-state index in [1.165, 1.54) is 11.3 Å². The van der Waals surface area contributed by atoms with Gasteiger partial charge in [0, 0.05) is 5.92 Å². The molecule has 0 bridgehead atoms. The van der Waals surface area contributed by atoms with Gasteiger partial charge < -0.3 is 5.32 Å². The Hall–Kier alpha value is -3.55. The first-order valence-electron chi connectivity index (χ1n) is 8.66. The number of benzene rings is 2. The van der Waals surface area contributed by atoms with E-state index in [-0.39, 0.29) is 11.8 Å². The molecule has 136 valence electrons. The molecule has 2 aromatic carbocycles. The van der Waals surface area contributed by atoms with Crippen molar-refractivity contribution >= 4 is 22.4 Å². The van der Waals surface area contributed by atoms with Gasteiger partial charge in [-0.15, -0.1) is 10.2 Å². The number of hydrogen-bond donors (Lipinski definition) is 1. The van der Waals surface area contributed by atoms with Crippen LogP contribution in [0.15, 0.2) is 48.0 Å². The highest BCUT2D eigenvalue weighted by molar-refractivity contribution is 7.13. The molecule has 4 rings (SSSR count). The van der Waals surface area contributed by atoms with Crippen LogP contribution in [0.2, 0.25) is 0 Å². The molecule has 0 aliphatic heterocycles. The Bertz CT molecular complexity index is 1130. The van der Waals surface area contributed by atoms with Crippen molar-refractivity contribution in [2.75, 3.05) is 5.32 Å². The number of amides is 1. The Balaban J connectivity index is 1.81. The quantitative estimate of drug-likeness (QED) is 0.742. The molecule has 1 N–H and O–H groups in total. The van der Waals surface area contributed by atoms with Crippen LogP contribution in [0.4, 0.5) is 5.13 Å². The van der Waals surface area contributed by atoms with Crippen LogP contribution in [0.3, 0.4) is 0 Å². The summed E-state index contributed by atoms with van der Waals surface area (Å²) in [7, 11) is 0. The second-order valence-corrected chi connectivity index (χ2v) is 7.82. The lowest BCUT2D eigenvalue weighted by molar-refractivity contribution is -0.125. The summed E-state index contributed by atoms with van der Waals surface area (Å²) < 4.78 is 0. The molecular weight excluding hydrogens is 370 g/mol. The zero-order valence-corrected chi connectivity index (χ0v) is 15.8. The number of hydrogen-bond acceptors (Lipinski definition) is 6. The Morgan fingerprint density at radius 3 is 2.54 bits per heavy atom. The zero-order chi connectivity index (χ0) is 19.7. The first-order chi connectivity index (χ1) is 13.5. The molecule has 28 heavy (non-hydrogen) atoms. The number of rotatable bonds is 3. The van der Waals surface area contributed by atoms with Crippen molar-refractivity contribution in [3.05, 3.63) is 75.8 Å². The molecular formula is C21H15N5OS. The van der Waals surface area contributed by atoms with Crippen molar-refractivity contribution in [1.82, 2.24) is 10.2 Å². The summed E-state index contributed by atoms with van der Waals surface area (Å²) in [5.41, 5.74) is 4.87. The smallest absolute Gasteiger partial charge is 0.233 e. The number of carbonyl (C=O) groups is 1. The van der Waals surface area contributed by atoms with Crippen LogP contribution in [0.1, 0.15) is 40.7 Å². The molecule has 0 radical (unpaired) electrons. The average Bonchev–Trinajstić information content (AvgIpc) is 3.33. The number of carbonyl (C=O) groups excluding carboxylic acids is 1. The maximum atomic E-state index is 13.3. The fourth-order valence-corrected chi connectivity index (χ4v) is 4.35. The summed E-state index contributed by atoms with van der Waals surface area (Å²) in [6.45, 7) is 1.93. The molecule has 3 aromatic rings. The maximum absolute atomic E-state index is 13.3. The van der Waals surface area contributed by atoms with Crippen LogP contribution in [0.5, 0.6) is 0 Å². The molecule has 7 heteroatoms. The van der Waals surface area contributed by atoms with Gasteiger partial charge in [0.2, 0.25) is 11.0 Å². The number of nitriles is 2. The summed E-state index contributed by atoms with van der Waals surface area (Å²) >= 11 is 1.27. The van der Waals surface area contributed by atoms with Crippen molar-refractivity contribution in [2.45, 2.75) is 19.3 Å². The third-order valence-corrected chi connectivity index (χ3v) is 5.86. The van der Waals surface area contributed by atoms with Crippen LogP contribution in [-0.4, -0.2) is 16.1 Å². The van der Waals surface area contributed by atoms with E-state index in [9.17, 15) is 10.1 Å². The average molecular weight is 385 g/mol. The fourth-order valence-electron chi connectivity index (χ4n) is 3.91. The second-order valence-electron chi connectivity index (χ2n) is 6.98. The highest BCUT2D eigenvalue weighted by atomic mass is 32.1. The largest absolute Gasteiger partial charge is 0.300 e. The molecule has 1 aliphatic rings. The molecule has 1 aromatic heterocycles. The summed E-state index contributed by atoms with van der Waals surface area (Å²) in [6.07, 6.45) is 0.545. The van der Waals surface area contributed by atoms with E-state index in [2.05, 4.69) is 27.7 Å². The Morgan fingerprint density at radius 1 is 1.18 bits per heavy atom. The number of fused-ring (bicyclic) bond motifs is 1. The minimum Gasteiger partial charge on any atom is -0.300 e. The second kappa shape index (κ2) is 6.88. The summed E-state index contributed by atoms with van der Waals surface area (Å²) in [4.78, 5) is 13.3. The Kier molecular flexibility index (Phi) is 4.38. The Morgan fingerprint density at radius 2 is 1.89 bits per heavy atom. The van der Waals surface area contributed by atoms with Gasteiger partial charge in [-0.1, -0.05) is 29.5 Å². The van der Waals surface area contributed by atoms with Gasteiger partial charge in [-0.2, -0.15) is 10.5 Å². The molecule has 0 unspecified atom stereocenters. The number of nitrogens with one attached hydrogen (secondary N) is 1. The van der Waals surface area contributed by atoms with Gasteiger partial charge in [0.15, 0.2) is 0 Å². The van der Waals surface area contributed by atoms with Crippen LogP contribution in [-0.2, 0) is 11.2 Å². The highest BCUT2D eigenvalue weighted by Crippen LogP contribution is 2.51. The lowest BCUT2D eigenvalue weighted by Crippen LogP contribution is -2.37. The summed E-state index contributed by atoms with van der Waals surface area (Å²) in [5, 5.41) is 29.4. The predicted octanol–water partition coefficient (Wildman–Crippen LogP) is 3.61. The minimum absolute atomic E-state index is 0.145. The number of aromatic nitrogens is 2. The molecule has 0 spiro atoms. The van der Waals surface area contributed by atoms with Crippen LogP contribution in [0, 0.1) is 28.1 Å². The van der Waals surface area contributed by atoms with Crippen molar-refractivity contribution < 1.29 is 4.79 Å². The van der Waals surface area contributed by atoms with Crippen LogP contribution in [0.25, 0.3) is 0 Å². The molecule has 1 amide bonds. The fraction of sp³-hybridized carbons (Fsp3) is 0.190. The normalized spacial score (nSPS) is 20.0. The Labute approximate surface area is 166 Å². The van der Waals surface area contributed by atoms with E-state index in [1.807, 2.05) is 31.2 Å². The van der Waals surface area contributed by atoms with E-state index in [1.54, 1.807) is 23.7 Å². The van der Waals surface area contributed by atoms with E-state index in [0.29, 0.717) is 22.7 Å². The number of anilines is 1. The van der Waals surface area contributed by atoms with E-state index in [0.717, 1.165) is 16.7 Å². The van der Waals surface area contributed by atoms with Gasteiger partial charge in [0.25, 0.3) is 0 Å². The molecule has 0 saturated carbocycles. The van der Waals surface area contributed by atoms with E-state index in [4.69, 9.17) is 5.26 Å². The van der Waals surface area contributed by atoms with E-state index >= 15 is 0 Å². The molecule has 6 nitrogen and oxygen atoms in total. The molecule has 1 aliphatic carbocycles. The van der Waals surface area contributed by atoms with Crippen molar-refractivity contribution in [3.63, 3.8) is 0 Å². The van der Waals surface area contributed by atoms with Crippen molar-refractivity contribution in [3.8, 4) is 12.1 Å². The van der Waals surface area contributed by atoms with Gasteiger partial charge in [-0.3, -0.25) is 4.79 Å². The summed E-state index contributed by atoms with van der Waals surface area (Å²) in [6, 6.07) is 17.1. The molecule has 0 saturated heterocycles. The zero-order valence-electron chi connectivity index (χ0n) is 15.0. The first kappa shape index (κ1) is 17.8. The highest BCUT2D eigenvalue weighted by Gasteiger charge is 2.49. The standard InChI is InChI=1S/C21H15N5OS/c1-21(19(27)25-20-26-24-12-28-20)9-16-7-4-14(11-23)8-17(16)18(21)15-5-2-13(10-22)3-6-15/h2-8,12,18H,9H2,1H3,(H,25,26,27)/t18-,21+/m0/s1. The van der Waals surface area contributed by atoms with Gasteiger partial charge in [-0.25, -0.2) is 0 Å². The lowest BCUT2D eigenvalue weighted by Gasteiger charge is -2.31. The van der Waals surface area contributed by atoms with Crippen LogP contribution >= 0.6 is 11.3 Å². The number of nitrogens with zero attached hydrogens (tertiary/aromatic N) is 4. The van der Waals surface area contributed by atoms with Gasteiger partial charge in [0.05, 0.1) is 28.7 Å². The van der Waals surface area contributed by atoms with Crippen molar-refractivity contribution in [2.24, 2.45) is 5.41 Å². The third-order valence-electron chi connectivity index (χ3n) is 5.25. The van der Waals surface area contributed by atoms with Gasteiger partial charge in [-0.05, 0) is 54.3 Å². The molecule has 2 atom stereocenters. The maximum Gasteiger partial charge on any atom is 0.233 e. The van der Waals surface area contributed by atoms with Gasteiger partial charge in [0.1, 0.15) is 5.51 Å². The summed E-state index contributed by atoms with van der Waals surface area (Å²) in [5.74, 6) is -0.384. The molecule has 1 heterocycles. The SMILES string of the molecule is C[C@@]1(C(=O)Nc2nncs2)Cc2ccc(C#N)cc2[C@@H]1c1ccc(C#N)cc1. The van der Waals surface area contributed by atoms with Crippen LogP contribution < -0.4 is 5.32 Å². The minimum atomic E-state index is -0.768. The third kappa shape index (κ3) is 2.92. The van der Waals surface area contributed by atoms with Gasteiger partial charge >= 0.3 is 0 Å². The lowest BCUT2D eigenvalue weighted by atomic mass is 9.73. The predicted molar refractivity (Wildman–Crippen MR) is 105 cm³/mol. The van der Waals surface area contributed by atoms with E-state index < -0.39 is 5.41 Å². The van der Waals surface area contributed by atoms with Crippen molar-refractivity contribution in [1.29, 1.82) is 10.5 Å².